The van der Waals surface area contributed by atoms with Crippen LogP contribution in [-0.2, 0) is 9.84 Å². The molecule has 0 saturated carbocycles. The van der Waals surface area contributed by atoms with Gasteiger partial charge in [0.25, 0.3) is 5.91 Å². The first kappa shape index (κ1) is 19.1. The monoisotopic (exact) mass is 389 g/mol. The van der Waals surface area contributed by atoms with Crippen LogP contribution in [0.1, 0.15) is 22.7 Å². The molecule has 1 saturated heterocycles. The van der Waals surface area contributed by atoms with E-state index in [9.17, 15) is 13.2 Å². The van der Waals surface area contributed by atoms with Crippen molar-refractivity contribution < 1.29 is 13.2 Å². The molecule has 2 heterocycles. The molecule has 8 nitrogen and oxygen atoms in total. The molecule has 1 unspecified atom stereocenters. The zero-order valence-electron chi connectivity index (χ0n) is 15.6. The Hall–Kier alpha value is -2.68. The molecule has 2 aromatic rings. The lowest BCUT2D eigenvalue weighted by Gasteiger charge is -2.14. The molecule has 1 aliphatic rings. The molecule has 0 spiro atoms. The summed E-state index contributed by atoms with van der Waals surface area (Å²) < 4.78 is 23.1. The lowest BCUT2D eigenvalue weighted by atomic mass is 10.2. The summed E-state index contributed by atoms with van der Waals surface area (Å²) in [6.45, 7) is 1.71. The number of rotatable bonds is 5. The number of aryl methyl sites for hydroxylation is 1. The highest BCUT2D eigenvalue weighted by Gasteiger charge is 2.29. The van der Waals surface area contributed by atoms with Crippen LogP contribution in [-0.4, -0.2) is 55.9 Å². The Morgan fingerprint density at radius 1 is 1.19 bits per heavy atom. The number of hydrogen-bond donors (Lipinski definition) is 2. The second-order valence-electron chi connectivity index (χ2n) is 6.83. The van der Waals surface area contributed by atoms with Crippen molar-refractivity contribution in [3.63, 3.8) is 0 Å². The molecule has 1 amide bonds. The van der Waals surface area contributed by atoms with E-state index in [1.54, 1.807) is 13.0 Å². The number of carbonyl (C=O) groups is 1. The summed E-state index contributed by atoms with van der Waals surface area (Å²) in [5.74, 6) is 0.648. The zero-order chi connectivity index (χ0) is 19.6. The Bertz CT molecular complexity index is 942. The molecular formula is C18H23N5O3S. The van der Waals surface area contributed by atoms with E-state index in [1.807, 2.05) is 43.3 Å². The van der Waals surface area contributed by atoms with E-state index in [0.29, 0.717) is 18.1 Å². The van der Waals surface area contributed by atoms with E-state index in [4.69, 9.17) is 0 Å². The molecule has 1 atom stereocenters. The summed E-state index contributed by atoms with van der Waals surface area (Å²) in [5, 5.41) is 5.91. The molecule has 9 heteroatoms. The van der Waals surface area contributed by atoms with Crippen molar-refractivity contribution >= 4 is 32.9 Å². The first-order valence-corrected chi connectivity index (χ1v) is 10.5. The predicted octanol–water partition coefficient (Wildman–Crippen LogP) is 1.51. The van der Waals surface area contributed by atoms with Crippen LogP contribution < -0.4 is 15.5 Å². The minimum absolute atomic E-state index is 0.0217. The summed E-state index contributed by atoms with van der Waals surface area (Å²) in [5.41, 5.74) is 2.12. The van der Waals surface area contributed by atoms with Crippen LogP contribution >= 0.6 is 0 Å². The van der Waals surface area contributed by atoms with Gasteiger partial charge in [0.2, 0.25) is 0 Å². The molecule has 1 aromatic heterocycles. The summed E-state index contributed by atoms with van der Waals surface area (Å²) >= 11 is 0. The number of aromatic nitrogens is 2. The zero-order valence-corrected chi connectivity index (χ0v) is 16.4. The van der Waals surface area contributed by atoms with E-state index in [-0.39, 0.29) is 23.2 Å². The second-order valence-corrected chi connectivity index (χ2v) is 9.05. The summed E-state index contributed by atoms with van der Waals surface area (Å²) in [7, 11) is 0.885. The number of nitrogens with one attached hydrogen (secondary N) is 2. The molecule has 0 radical (unpaired) electrons. The molecular weight excluding hydrogens is 366 g/mol. The van der Waals surface area contributed by atoms with Gasteiger partial charge in [-0.2, -0.15) is 0 Å². The van der Waals surface area contributed by atoms with E-state index < -0.39 is 15.7 Å². The van der Waals surface area contributed by atoms with Gasteiger partial charge in [0.15, 0.2) is 9.84 Å². The van der Waals surface area contributed by atoms with Gasteiger partial charge in [-0.15, -0.1) is 0 Å². The fourth-order valence-corrected chi connectivity index (χ4v) is 4.58. The third-order valence-corrected chi connectivity index (χ3v) is 6.06. The second kappa shape index (κ2) is 7.51. The van der Waals surface area contributed by atoms with Crippen molar-refractivity contribution in [2.45, 2.75) is 19.4 Å². The Balaban J connectivity index is 1.73. The smallest absolute Gasteiger partial charge is 0.270 e. The van der Waals surface area contributed by atoms with Gasteiger partial charge in [-0.1, -0.05) is 0 Å². The molecule has 144 valence electrons. The van der Waals surface area contributed by atoms with Crippen LogP contribution in [0.25, 0.3) is 0 Å². The first-order valence-electron chi connectivity index (χ1n) is 8.63. The quantitative estimate of drug-likeness (QED) is 0.799. The van der Waals surface area contributed by atoms with E-state index in [0.717, 1.165) is 11.4 Å². The average Bonchev–Trinajstić information content (AvgIpc) is 2.93. The van der Waals surface area contributed by atoms with Crippen LogP contribution in [0, 0.1) is 6.92 Å². The minimum atomic E-state index is -3.05. The summed E-state index contributed by atoms with van der Waals surface area (Å²) in [6.07, 6.45) is 0.432. The lowest BCUT2D eigenvalue weighted by Crippen LogP contribution is -2.36. The van der Waals surface area contributed by atoms with Gasteiger partial charge in [0.1, 0.15) is 17.3 Å². The summed E-state index contributed by atoms with van der Waals surface area (Å²) in [4.78, 5) is 23.0. The van der Waals surface area contributed by atoms with Gasteiger partial charge >= 0.3 is 0 Å². The maximum absolute atomic E-state index is 12.5. The SMILES string of the molecule is Cc1nc(Nc2ccc(N(C)C)cc2)cc(C(=O)NC2CCS(=O)(=O)C2)n1. The van der Waals surface area contributed by atoms with E-state index in [1.165, 1.54) is 0 Å². The van der Waals surface area contributed by atoms with Crippen LogP contribution in [0.15, 0.2) is 30.3 Å². The Morgan fingerprint density at radius 2 is 1.89 bits per heavy atom. The third-order valence-electron chi connectivity index (χ3n) is 4.29. The number of amides is 1. The van der Waals surface area contributed by atoms with Gasteiger partial charge < -0.3 is 15.5 Å². The van der Waals surface area contributed by atoms with Crippen molar-refractivity contribution in [2.75, 3.05) is 35.8 Å². The molecule has 2 N–H and O–H groups in total. The topological polar surface area (TPSA) is 104 Å². The van der Waals surface area contributed by atoms with Crippen molar-refractivity contribution in [2.24, 2.45) is 0 Å². The van der Waals surface area contributed by atoms with Gasteiger partial charge in [-0.05, 0) is 37.6 Å². The molecule has 0 bridgehead atoms. The van der Waals surface area contributed by atoms with Gasteiger partial charge in [-0.25, -0.2) is 18.4 Å². The van der Waals surface area contributed by atoms with Crippen molar-refractivity contribution in [1.29, 1.82) is 0 Å². The number of hydrogen-bond acceptors (Lipinski definition) is 7. The largest absolute Gasteiger partial charge is 0.378 e. The highest BCUT2D eigenvalue weighted by molar-refractivity contribution is 7.91. The maximum atomic E-state index is 12.5. The molecule has 1 fully saturated rings. The molecule has 0 aliphatic carbocycles. The van der Waals surface area contributed by atoms with Gasteiger partial charge in [-0.3, -0.25) is 4.79 Å². The Kier molecular flexibility index (Phi) is 5.31. The number of benzene rings is 1. The Labute approximate surface area is 158 Å². The molecule has 3 rings (SSSR count). The van der Waals surface area contributed by atoms with Crippen molar-refractivity contribution in [1.82, 2.24) is 15.3 Å². The van der Waals surface area contributed by atoms with E-state index in [2.05, 4.69) is 20.6 Å². The predicted molar refractivity (Wildman–Crippen MR) is 105 cm³/mol. The summed E-state index contributed by atoms with van der Waals surface area (Å²) in [6, 6.07) is 9.00. The van der Waals surface area contributed by atoms with Crippen LogP contribution in [0.5, 0.6) is 0 Å². The molecule has 1 aliphatic heterocycles. The molecule has 1 aromatic carbocycles. The highest BCUT2D eigenvalue weighted by atomic mass is 32.2. The number of sulfone groups is 1. The normalized spacial score (nSPS) is 18.1. The highest BCUT2D eigenvalue weighted by Crippen LogP contribution is 2.20. The number of carbonyl (C=O) groups excluding carboxylic acids is 1. The molecule has 27 heavy (non-hydrogen) atoms. The van der Waals surface area contributed by atoms with Crippen molar-refractivity contribution in [3.8, 4) is 0 Å². The fraction of sp³-hybridized carbons (Fsp3) is 0.389. The van der Waals surface area contributed by atoms with Crippen LogP contribution in [0.4, 0.5) is 17.2 Å². The van der Waals surface area contributed by atoms with E-state index >= 15 is 0 Å². The first-order chi connectivity index (χ1) is 12.7. The lowest BCUT2D eigenvalue weighted by molar-refractivity contribution is 0.0935. The van der Waals surface area contributed by atoms with Crippen molar-refractivity contribution in [3.05, 3.63) is 41.9 Å². The van der Waals surface area contributed by atoms with Crippen LogP contribution in [0.2, 0.25) is 0 Å². The van der Waals surface area contributed by atoms with Gasteiger partial charge in [0, 0.05) is 37.6 Å². The fourth-order valence-electron chi connectivity index (χ4n) is 2.91. The number of nitrogens with zero attached hydrogens (tertiary/aromatic N) is 3. The third kappa shape index (κ3) is 4.94. The maximum Gasteiger partial charge on any atom is 0.270 e. The number of anilines is 3. The Morgan fingerprint density at radius 3 is 2.48 bits per heavy atom. The van der Waals surface area contributed by atoms with Gasteiger partial charge in [0.05, 0.1) is 11.5 Å². The van der Waals surface area contributed by atoms with Crippen LogP contribution in [0.3, 0.4) is 0 Å². The minimum Gasteiger partial charge on any atom is -0.378 e. The standard InChI is InChI=1S/C18H23N5O3S/c1-12-19-16(18(24)22-14-8-9-27(25,26)11-14)10-17(20-12)21-13-4-6-15(7-5-13)23(2)3/h4-7,10,14H,8-9,11H2,1-3H3,(H,22,24)(H,19,20,21). The average molecular weight is 389 g/mol.